The van der Waals surface area contributed by atoms with Crippen LogP contribution in [-0.2, 0) is 0 Å². The standard InChI is InChI=1S/C11H12F2N2O2/c12-7-1-2-8(14)10(13)9(7)11(17)15-5-3-6(16)4-5/h1-2,5-6,16H,3-4,14H2,(H,15,17). The smallest absolute Gasteiger partial charge is 0.257 e. The number of rotatable bonds is 2. The molecule has 1 amide bonds. The molecular weight excluding hydrogens is 230 g/mol. The van der Waals surface area contributed by atoms with Crippen LogP contribution in [0.15, 0.2) is 12.1 Å². The quantitative estimate of drug-likeness (QED) is 0.671. The number of hydrogen-bond donors (Lipinski definition) is 3. The lowest BCUT2D eigenvalue weighted by Gasteiger charge is -2.32. The second-order valence-electron chi connectivity index (χ2n) is 4.12. The molecule has 0 unspecified atom stereocenters. The van der Waals surface area contributed by atoms with Crippen LogP contribution in [0.3, 0.4) is 0 Å². The highest BCUT2D eigenvalue weighted by molar-refractivity contribution is 5.95. The number of nitrogen functional groups attached to an aromatic ring is 1. The summed E-state index contributed by atoms with van der Waals surface area (Å²) in [5.74, 6) is -2.85. The number of carbonyl (C=O) groups is 1. The van der Waals surface area contributed by atoms with E-state index in [1.807, 2.05) is 0 Å². The van der Waals surface area contributed by atoms with E-state index in [2.05, 4.69) is 5.32 Å². The maximum atomic E-state index is 13.5. The summed E-state index contributed by atoms with van der Waals surface area (Å²) in [6, 6.07) is 1.77. The zero-order valence-corrected chi connectivity index (χ0v) is 8.91. The van der Waals surface area contributed by atoms with Gasteiger partial charge in [0.25, 0.3) is 5.91 Å². The van der Waals surface area contributed by atoms with E-state index in [4.69, 9.17) is 10.8 Å². The van der Waals surface area contributed by atoms with Crippen molar-refractivity contribution in [1.82, 2.24) is 5.32 Å². The van der Waals surface area contributed by atoms with Crippen molar-refractivity contribution >= 4 is 11.6 Å². The monoisotopic (exact) mass is 242 g/mol. The highest BCUT2D eigenvalue weighted by atomic mass is 19.1. The number of hydrogen-bond acceptors (Lipinski definition) is 3. The molecule has 0 saturated heterocycles. The predicted molar refractivity (Wildman–Crippen MR) is 57.3 cm³/mol. The lowest BCUT2D eigenvalue weighted by atomic mass is 9.89. The fraction of sp³-hybridized carbons (Fsp3) is 0.364. The molecule has 2 rings (SSSR count). The minimum atomic E-state index is -1.05. The van der Waals surface area contributed by atoms with Crippen molar-refractivity contribution in [1.29, 1.82) is 0 Å². The molecule has 1 aliphatic rings. The Morgan fingerprint density at radius 1 is 1.41 bits per heavy atom. The molecule has 4 nitrogen and oxygen atoms in total. The number of nitrogens with two attached hydrogens (primary N) is 1. The molecule has 92 valence electrons. The Hall–Kier alpha value is -1.69. The van der Waals surface area contributed by atoms with Gasteiger partial charge in [0.05, 0.1) is 11.8 Å². The Balaban J connectivity index is 2.16. The van der Waals surface area contributed by atoms with Crippen LogP contribution in [0.5, 0.6) is 0 Å². The maximum absolute atomic E-state index is 13.5. The van der Waals surface area contributed by atoms with Crippen LogP contribution in [-0.4, -0.2) is 23.2 Å². The van der Waals surface area contributed by atoms with E-state index in [1.165, 1.54) is 0 Å². The summed E-state index contributed by atoms with van der Waals surface area (Å²) in [6.07, 6.45) is 0.352. The first-order chi connectivity index (χ1) is 7.99. The Bertz CT molecular complexity index is 459. The minimum Gasteiger partial charge on any atom is -0.396 e. The third-order valence-electron chi connectivity index (χ3n) is 2.80. The number of benzene rings is 1. The van der Waals surface area contributed by atoms with Gasteiger partial charge in [0.15, 0.2) is 5.82 Å². The summed E-state index contributed by atoms with van der Waals surface area (Å²) in [4.78, 5) is 11.6. The maximum Gasteiger partial charge on any atom is 0.257 e. The first-order valence-electron chi connectivity index (χ1n) is 5.21. The van der Waals surface area contributed by atoms with Crippen LogP contribution >= 0.6 is 0 Å². The minimum absolute atomic E-state index is 0.238. The second-order valence-corrected chi connectivity index (χ2v) is 4.12. The van der Waals surface area contributed by atoms with Gasteiger partial charge in [-0.2, -0.15) is 0 Å². The Morgan fingerprint density at radius 2 is 2.06 bits per heavy atom. The molecule has 4 N–H and O–H groups in total. The van der Waals surface area contributed by atoms with Crippen molar-refractivity contribution in [3.63, 3.8) is 0 Å². The van der Waals surface area contributed by atoms with Crippen molar-refractivity contribution in [2.24, 2.45) is 0 Å². The highest BCUT2D eigenvalue weighted by Crippen LogP contribution is 2.22. The van der Waals surface area contributed by atoms with E-state index in [0.717, 1.165) is 12.1 Å². The van der Waals surface area contributed by atoms with Gasteiger partial charge < -0.3 is 16.2 Å². The van der Waals surface area contributed by atoms with Gasteiger partial charge in [0, 0.05) is 6.04 Å². The van der Waals surface area contributed by atoms with Crippen LogP contribution in [0.4, 0.5) is 14.5 Å². The molecular formula is C11H12F2N2O2. The SMILES string of the molecule is Nc1ccc(F)c(C(=O)NC2CC(O)C2)c1F. The molecule has 0 spiro atoms. The van der Waals surface area contributed by atoms with Crippen molar-refractivity contribution in [3.05, 3.63) is 29.3 Å². The second kappa shape index (κ2) is 4.29. The molecule has 1 aromatic carbocycles. The summed E-state index contributed by atoms with van der Waals surface area (Å²) < 4.78 is 26.8. The third kappa shape index (κ3) is 2.21. The fourth-order valence-electron chi connectivity index (χ4n) is 1.74. The number of nitrogens with one attached hydrogen (secondary N) is 1. The van der Waals surface area contributed by atoms with Crippen LogP contribution in [0.2, 0.25) is 0 Å². The van der Waals surface area contributed by atoms with Gasteiger partial charge in [0.1, 0.15) is 11.4 Å². The average molecular weight is 242 g/mol. The molecule has 1 aromatic rings. The number of amides is 1. The average Bonchev–Trinajstić information content (AvgIpc) is 2.22. The zero-order valence-electron chi connectivity index (χ0n) is 8.91. The molecule has 1 aliphatic carbocycles. The lowest BCUT2D eigenvalue weighted by Crippen LogP contribution is -2.47. The summed E-state index contributed by atoms with van der Waals surface area (Å²) >= 11 is 0. The van der Waals surface area contributed by atoms with Gasteiger partial charge in [0.2, 0.25) is 0 Å². The molecule has 0 aromatic heterocycles. The van der Waals surface area contributed by atoms with Crippen LogP contribution in [0.25, 0.3) is 0 Å². The van der Waals surface area contributed by atoms with E-state index in [9.17, 15) is 13.6 Å². The molecule has 1 saturated carbocycles. The van der Waals surface area contributed by atoms with E-state index in [-0.39, 0.29) is 11.7 Å². The molecule has 6 heteroatoms. The Kier molecular flexibility index (Phi) is 2.97. The Labute approximate surface area is 96.4 Å². The Morgan fingerprint density at radius 3 is 2.65 bits per heavy atom. The van der Waals surface area contributed by atoms with Gasteiger partial charge in [-0.1, -0.05) is 0 Å². The normalized spacial score (nSPS) is 23.0. The van der Waals surface area contributed by atoms with Crippen LogP contribution in [0.1, 0.15) is 23.2 Å². The molecule has 0 heterocycles. The van der Waals surface area contributed by atoms with Crippen molar-refractivity contribution in [2.75, 3.05) is 5.73 Å². The third-order valence-corrected chi connectivity index (χ3v) is 2.80. The number of aliphatic hydroxyl groups excluding tert-OH is 1. The number of carbonyl (C=O) groups excluding carboxylic acids is 1. The van der Waals surface area contributed by atoms with E-state index in [1.54, 1.807) is 0 Å². The van der Waals surface area contributed by atoms with Crippen molar-refractivity contribution in [2.45, 2.75) is 25.0 Å². The highest BCUT2D eigenvalue weighted by Gasteiger charge is 2.30. The largest absolute Gasteiger partial charge is 0.396 e. The van der Waals surface area contributed by atoms with Crippen molar-refractivity contribution < 1.29 is 18.7 Å². The van der Waals surface area contributed by atoms with E-state index >= 15 is 0 Å². The summed E-state index contributed by atoms with van der Waals surface area (Å²) in [7, 11) is 0. The topological polar surface area (TPSA) is 75.4 Å². The number of halogens is 2. The van der Waals surface area contributed by atoms with Gasteiger partial charge in [-0.05, 0) is 25.0 Å². The van der Waals surface area contributed by atoms with Gasteiger partial charge >= 0.3 is 0 Å². The van der Waals surface area contributed by atoms with Crippen LogP contribution < -0.4 is 11.1 Å². The van der Waals surface area contributed by atoms with E-state index in [0.29, 0.717) is 12.8 Å². The van der Waals surface area contributed by atoms with Crippen LogP contribution in [0, 0.1) is 11.6 Å². The first-order valence-corrected chi connectivity index (χ1v) is 5.21. The van der Waals surface area contributed by atoms with Gasteiger partial charge in [-0.3, -0.25) is 4.79 Å². The molecule has 0 atom stereocenters. The molecule has 17 heavy (non-hydrogen) atoms. The molecule has 0 aliphatic heterocycles. The predicted octanol–water partition coefficient (Wildman–Crippen LogP) is 0.800. The molecule has 1 fully saturated rings. The fourth-order valence-corrected chi connectivity index (χ4v) is 1.74. The lowest BCUT2D eigenvalue weighted by molar-refractivity contribution is 0.0559. The van der Waals surface area contributed by atoms with Gasteiger partial charge in [-0.25, -0.2) is 8.78 Å². The summed E-state index contributed by atoms with van der Waals surface area (Å²) in [6.45, 7) is 0. The summed E-state index contributed by atoms with van der Waals surface area (Å²) in [5.41, 5.74) is 4.32. The zero-order chi connectivity index (χ0) is 12.6. The molecule has 0 radical (unpaired) electrons. The van der Waals surface area contributed by atoms with Gasteiger partial charge in [-0.15, -0.1) is 0 Å². The first kappa shape index (κ1) is 11.8. The van der Waals surface area contributed by atoms with E-state index < -0.39 is 29.2 Å². The summed E-state index contributed by atoms with van der Waals surface area (Å²) in [5, 5.41) is 11.5. The van der Waals surface area contributed by atoms with Crippen molar-refractivity contribution in [3.8, 4) is 0 Å². The molecule has 0 bridgehead atoms. The number of aliphatic hydroxyl groups is 1. The number of anilines is 1.